The molecule has 2 heterocycles. The molecule has 0 amide bonds. The Hall–Kier alpha value is -1.43. The number of benzene rings is 1. The monoisotopic (exact) mass is 374 g/mol. The Morgan fingerprint density at radius 1 is 1.16 bits per heavy atom. The van der Waals surface area contributed by atoms with Gasteiger partial charge in [0.15, 0.2) is 5.11 Å². The standard InChI is InChI=1S/C20H27N3S2/c1-16(19(18-10-7-15-25-18)23-13-5-6-14-23)22-20(24)21-12-11-17-8-3-2-4-9-17/h2-4,7-10,15-16,19H,5-6,11-14H2,1H3,(H2,21,22,24)/p+1/t16-,19+/m0/s1. The minimum Gasteiger partial charge on any atom is -0.362 e. The fourth-order valence-electron chi connectivity index (χ4n) is 3.72. The molecule has 1 saturated heterocycles. The number of rotatable bonds is 7. The van der Waals surface area contributed by atoms with Crippen LogP contribution < -0.4 is 15.5 Å². The number of quaternary nitrogens is 1. The van der Waals surface area contributed by atoms with Gasteiger partial charge in [0, 0.05) is 19.4 Å². The van der Waals surface area contributed by atoms with E-state index in [0.29, 0.717) is 12.1 Å². The van der Waals surface area contributed by atoms with Crippen LogP contribution in [0.1, 0.15) is 36.2 Å². The SMILES string of the molecule is C[C@H](NC(=S)NCCc1ccccc1)[C@H](c1cccs1)[NH+]1CCCC1. The molecule has 3 N–H and O–H groups in total. The molecule has 1 aromatic carbocycles. The van der Waals surface area contributed by atoms with E-state index in [0.717, 1.165) is 18.1 Å². The molecule has 3 nitrogen and oxygen atoms in total. The average molecular weight is 375 g/mol. The van der Waals surface area contributed by atoms with E-state index in [2.05, 4.69) is 65.4 Å². The van der Waals surface area contributed by atoms with Crippen molar-refractivity contribution in [2.75, 3.05) is 19.6 Å². The lowest BCUT2D eigenvalue weighted by molar-refractivity contribution is -0.920. The zero-order valence-corrected chi connectivity index (χ0v) is 16.5. The number of hydrogen-bond acceptors (Lipinski definition) is 2. The van der Waals surface area contributed by atoms with E-state index in [1.807, 2.05) is 11.3 Å². The molecule has 3 rings (SSSR count). The van der Waals surface area contributed by atoms with Crippen LogP contribution in [0.3, 0.4) is 0 Å². The van der Waals surface area contributed by atoms with E-state index in [1.54, 1.807) is 4.90 Å². The first-order chi connectivity index (χ1) is 12.2. The molecule has 0 unspecified atom stereocenters. The van der Waals surface area contributed by atoms with E-state index in [9.17, 15) is 0 Å². The van der Waals surface area contributed by atoms with E-state index >= 15 is 0 Å². The summed E-state index contributed by atoms with van der Waals surface area (Å²) < 4.78 is 0. The second-order valence-electron chi connectivity index (χ2n) is 6.78. The number of hydrogen-bond donors (Lipinski definition) is 3. The van der Waals surface area contributed by atoms with Crippen LogP contribution in [0.25, 0.3) is 0 Å². The Morgan fingerprint density at radius 2 is 1.92 bits per heavy atom. The van der Waals surface area contributed by atoms with Crippen molar-refractivity contribution >= 4 is 28.7 Å². The molecule has 0 bridgehead atoms. The Labute approximate surface area is 160 Å². The largest absolute Gasteiger partial charge is 0.362 e. The van der Waals surface area contributed by atoms with Crippen molar-refractivity contribution in [1.29, 1.82) is 0 Å². The quantitative estimate of drug-likeness (QED) is 0.651. The molecule has 0 saturated carbocycles. The van der Waals surface area contributed by atoms with Crippen LogP contribution in [0.2, 0.25) is 0 Å². The summed E-state index contributed by atoms with van der Waals surface area (Å²) in [5, 5.41) is 9.85. The highest BCUT2D eigenvalue weighted by Gasteiger charge is 2.33. The van der Waals surface area contributed by atoms with Crippen LogP contribution in [-0.4, -0.2) is 30.8 Å². The van der Waals surface area contributed by atoms with Crippen molar-refractivity contribution in [3.05, 3.63) is 58.3 Å². The van der Waals surface area contributed by atoms with Gasteiger partial charge in [-0.2, -0.15) is 0 Å². The molecular formula is C20H28N3S2+. The number of nitrogens with one attached hydrogen (secondary N) is 3. The Balaban J connectivity index is 1.51. The number of likely N-dealkylation sites (tertiary alicyclic amines) is 1. The maximum atomic E-state index is 5.54. The molecule has 25 heavy (non-hydrogen) atoms. The lowest BCUT2D eigenvalue weighted by atomic mass is 10.1. The summed E-state index contributed by atoms with van der Waals surface area (Å²) in [5.41, 5.74) is 1.34. The minimum absolute atomic E-state index is 0.323. The van der Waals surface area contributed by atoms with Gasteiger partial charge >= 0.3 is 0 Å². The molecule has 1 aliphatic heterocycles. The fraction of sp³-hybridized carbons (Fsp3) is 0.450. The molecule has 2 atom stereocenters. The molecular weight excluding hydrogens is 346 g/mol. The topological polar surface area (TPSA) is 28.5 Å². The summed E-state index contributed by atoms with van der Waals surface area (Å²) in [7, 11) is 0. The highest BCUT2D eigenvalue weighted by atomic mass is 32.1. The zero-order valence-electron chi connectivity index (χ0n) is 14.8. The third kappa shape index (κ3) is 5.27. The van der Waals surface area contributed by atoms with Gasteiger partial charge in [0.1, 0.15) is 6.04 Å². The average Bonchev–Trinajstić information content (AvgIpc) is 3.30. The van der Waals surface area contributed by atoms with Gasteiger partial charge in [0.25, 0.3) is 0 Å². The van der Waals surface area contributed by atoms with Crippen molar-refractivity contribution in [2.45, 2.75) is 38.3 Å². The van der Waals surface area contributed by atoms with Crippen molar-refractivity contribution in [3.63, 3.8) is 0 Å². The fourth-order valence-corrected chi connectivity index (χ4v) is 4.99. The van der Waals surface area contributed by atoms with Crippen LogP contribution in [-0.2, 0) is 6.42 Å². The zero-order chi connectivity index (χ0) is 17.5. The molecule has 1 aromatic heterocycles. The Bertz CT molecular complexity index is 636. The normalized spacial score (nSPS) is 17.2. The van der Waals surface area contributed by atoms with Crippen LogP contribution in [0.15, 0.2) is 47.8 Å². The van der Waals surface area contributed by atoms with Crippen LogP contribution in [0.5, 0.6) is 0 Å². The number of thiophene rings is 1. The predicted octanol–water partition coefficient (Wildman–Crippen LogP) is 2.56. The summed E-state index contributed by atoms with van der Waals surface area (Å²) >= 11 is 7.40. The molecule has 1 fully saturated rings. The Morgan fingerprint density at radius 3 is 2.60 bits per heavy atom. The summed E-state index contributed by atoms with van der Waals surface area (Å²) in [5.74, 6) is 0. The molecule has 0 radical (unpaired) electrons. The molecule has 5 heteroatoms. The summed E-state index contributed by atoms with van der Waals surface area (Å²) in [6.45, 7) is 5.66. The van der Waals surface area contributed by atoms with Gasteiger partial charge in [0.05, 0.1) is 24.0 Å². The first kappa shape index (κ1) is 18.4. The number of thiocarbonyl (C=S) groups is 1. The van der Waals surface area contributed by atoms with E-state index in [4.69, 9.17) is 12.2 Å². The lowest BCUT2D eigenvalue weighted by Crippen LogP contribution is -3.11. The minimum atomic E-state index is 0.323. The highest BCUT2D eigenvalue weighted by molar-refractivity contribution is 7.80. The van der Waals surface area contributed by atoms with Crippen LogP contribution in [0, 0.1) is 0 Å². The van der Waals surface area contributed by atoms with Gasteiger partial charge in [-0.25, -0.2) is 0 Å². The highest BCUT2D eigenvalue weighted by Crippen LogP contribution is 2.20. The summed E-state index contributed by atoms with van der Waals surface area (Å²) in [4.78, 5) is 3.15. The van der Waals surface area contributed by atoms with Crippen LogP contribution in [0.4, 0.5) is 0 Å². The van der Waals surface area contributed by atoms with Crippen molar-refractivity contribution in [2.24, 2.45) is 0 Å². The first-order valence-electron chi connectivity index (χ1n) is 9.20. The Kier molecular flexibility index (Phi) is 6.84. The van der Waals surface area contributed by atoms with Crippen LogP contribution >= 0.6 is 23.6 Å². The van der Waals surface area contributed by atoms with E-state index < -0.39 is 0 Å². The van der Waals surface area contributed by atoms with Crippen molar-refractivity contribution in [1.82, 2.24) is 10.6 Å². The molecule has 134 valence electrons. The summed E-state index contributed by atoms with van der Waals surface area (Å²) in [6.07, 6.45) is 3.66. The predicted molar refractivity (Wildman–Crippen MR) is 110 cm³/mol. The third-order valence-electron chi connectivity index (χ3n) is 4.94. The maximum Gasteiger partial charge on any atom is 0.166 e. The molecule has 0 aliphatic carbocycles. The smallest absolute Gasteiger partial charge is 0.166 e. The lowest BCUT2D eigenvalue weighted by Gasteiger charge is -2.30. The van der Waals surface area contributed by atoms with Gasteiger partial charge in [0.2, 0.25) is 0 Å². The van der Waals surface area contributed by atoms with Gasteiger partial charge in [-0.05, 0) is 42.6 Å². The van der Waals surface area contributed by atoms with Crippen molar-refractivity contribution in [3.8, 4) is 0 Å². The van der Waals surface area contributed by atoms with E-state index in [-0.39, 0.29) is 0 Å². The van der Waals surface area contributed by atoms with Gasteiger partial charge in [-0.1, -0.05) is 36.4 Å². The van der Waals surface area contributed by atoms with Gasteiger partial charge < -0.3 is 15.5 Å². The first-order valence-corrected chi connectivity index (χ1v) is 10.5. The maximum absolute atomic E-state index is 5.54. The second-order valence-corrected chi connectivity index (χ2v) is 8.17. The van der Waals surface area contributed by atoms with Gasteiger partial charge in [-0.15, -0.1) is 11.3 Å². The van der Waals surface area contributed by atoms with Crippen molar-refractivity contribution < 1.29 is 4.90 Å². The molecule has 0 spiro atoms. The second kappa shape index (κ2) is 9.32. The van der Waals surface area contributed by atoms with E-state index in [1.165, 1.54) is 36.4 Å². The third-order valence-corrected chi connectivity index (χ3v) is 6.15. The molecule has 2 aromatic rings. The summed E-state index contributed by atoms with van der Waals surface area (Å²) in [6, 6.07) is 15.8. The molecule has 1 aliphatic rings. The van der Waals surface area contributed by atoms with Gasteiger partial charge in [-0.3, -0.25) is 0 Å².